The lowest BCUT2D eigenvalue weighted by molar-refractivity contribution is 0.371. The Hall–Kier alpha value is -0.890. The number of nitrogens with zero attached hydrogens (tertiary/aromatic N) is 1. The zero-order valence-corrected chi connectivity index (χ0v) is 9.83. The standard InChI is InChI=1S/C13H20N2/c1-9(2)10(3)15-12-7-6-11-5-4-8-14-13(11)12/h4-5,8-10,12,15H,6-7H2,1-3H3. The van der Waals surface area contributed by atoms with Gasteiger partial charge in [-0.1, -0.05) is 19.9 Å². The molecule has 1 aromatic rings. The summed E-state index contributed by atoms with van der Waals surface area (Å²) >= 11 is 0. The second-order valence-corrected chi connectivity index (χ2v) is 4.84. The molecule has 0 fully saturated rings. The van der Waals surface area contributed by atoms with Crippen LogP contribution in [0.25, 0.3) is 0 Å². The third-order valence-electron chi connectivity index (χ3n) is 3.42. The lowest BCUT2D eigenvalue weighted by Crippen LogP contribution is -2.33. The highest BCUT2D eigenvalue weighted by Gasteiger charge is 2.24. The summed E-state index contributed by atoms with van der Waals surface area (Å²) in [4.78, 5) is 4.49. The van der Waals surface area contributed by atoms with Gasteiger partial charge in [-0.2, -0.15) is 0 Å². The molecule has 15 heavy (non-hydrogen) atoms. The van der Waals surface area contributed by atoms with E-state index in [-0.39, 0.29) is 0 Å². The van der Waals surface area contributed by atoms with Crippen LogP contribution in [0.15, 0.2) is 18.3 Å². The Morgan fingerprint density at radius 2 is 2.20 bits per heavy atom. The van der Waals surface area contributed by atoms with Crippen LogP contribution in [0.2, 0.25) is 0 Å². The first-order chi connectivity index (χ1) is 7.18. The Morgan fingerprint density at radius 3 is 2.93 bits per heavy atom. The van der Waals surface area contributed by atoms with Crippen LogP contribution in [0.3, 0.4) is 0 Å². The Labute approximate surface area is 92.1 Å². The quantitative estimate of drug-likeness (QED) is 0.819. The third kappa shape index (κ3) is 2.20. The van der Waals surface area contributed by atoms with Crippen molar-refractivity contribution in [3.63, 3.8) is 0 Å². The zero-order chi connectivity index (χ0) is 10.8. The van der Waals surface area contributed by atoms with Crippen molar-refractivity contribution in [2.45, 2.75) is 45.7 Å². The first kappa shape index (κ1) is 10.6. The van der Waals surface area contributed by atoms with Gasteiger partial charge in [-0.15, -0.1) is 0 Å². The molecular formula is C13H20N2. The Bertz CT molecular complexity index is 333. The Balaban J connectivity index is 2.08. The van der Waals surface area contributed by atoms with Crippen LogP contribution in [0, 0.1) is 5.92 Å². The van der Waals surface area contributed by atoms with E-state index in [4.69, 9.17) is 0 Å². The molecule has 0 saturated heterocycles. The summed E-state index contributed by atoms with van der Waals surface area (Å²) < 4.78 is 0. The minimum Gasteiger partial charge on any atom is -0.306 e. The van der Waals surface area contributed by atoms with E-state index >= 15 is 0 Å². The predicted molar refractivity (Wildman–Crippen MR) is 62.7 cm³/mol. The normalized spacial score (nSPS) is 21.7. The maximum Gasteiger partial charge on any atom is 0.0605 e. The van der Waals surface area contributed by atoms with E-state index < -0.39 is 0 Å². The van der Waals surface area contributed by atoms with Crippen molar-refractivity contribution in [1.82, 2.24) is 10.3 Å². The number of pyridine rings is 1. The molecule has 1 aliphatic rings. The number of aromatic nitrogens is 1. The maximum atomic E-state index is 4.49. The van der Waals surface area contributed by atoms with E-state index in [2.05, 4.69) is 37.1 Å². The molecule has 2 rings (SSSR count). The molecule has 0 spiro atoms. The van der Waals surface area contributed by atoms with Crippen molar-refractivity contribution in [3.8, 4) is 0 Å². The highest BCUT2D eigenvalue weighted by atomic mass is 15.0. The smallest absolute Gasteiger partial charge is 0.0605 e. The maximum absolute atomic E-state index is 4.49. The van der Waals surface area contributed by atoms with Gasteiger partial charge >= 0.3 is 0 Å². The summed E-state index contributed by atoms with van der Waals surface area (Å²) in [6.45, 7) is 6.77. The van der Waals surface area contributed by atoms with E-state index in [0.717, 1.165) is 0 Å². The summed E-state index contributed by atoms with van der Waals surface area (Å²) in [6, 6.07) is 5.26. The van der Waals surface area contributed by atoms with E-state index in [1.54, 1.807) is 0 Å². The van der Waals surface area contributed by atoms with Gasteiger partial charge in [0.1, 0.15) is 0 Å². The van der Waals surface area contributed by atoms with Gasteiger partial charge in [0.2, 0.25) is 0 Å². The lowest BCUT2D eigenvalue weighted by Gasteiger charge is -2.22. The van der Waals surface area contributed by atoms with Gasteiger partial charge in [-0.3, -0.25) is 4.98 Å². The van der Waals surface area contributed by atoms with E-state index in [1.165, 1.54) is 24.1 Å². The average Bonchev–Trinajstić information content (AvgIpc) is 2.62. The minimum atomic E-state index is 0.471. The molecule has 2 nitrogen and oxygen atoms in total. The zero-order valence-electron chi connectivity index (χ0n) is 9.83. The van der Waals surface area contributed by atoms with Gasteiger partial charge in [-0.05, 0) is 37.3 Å². The first-order valence-corrected chi connectivity index (χ1v) is 5.88. The molecule has 0 bridgehead atoms. The van der Waals surface area contributed by atoms with E-state index in [1.807, 2.05) is 12.3 Å². The largest absolute Gasteiger partial charge is 0.306 e. The molecule has 1 aliphatic carbocycles. The second-order valence-electron chi connectivity index (χ2n) is 4.84. The van der Waals surface area contributed by atoms with Crippen LogP contribution < -0.4 is 5.32 Å². The monoisotopic (exact) mass is 204 g/mol. The van der Waals surface area contributed by atoms with Crippen molar-refractivity contribution in [2.75, 3.05) is 0 Å². The minimum absolute atomic E-state index is 0.471. The van der Waals surface area contributed by atoms with Crippen molar-refractivity contribution >= 4 is 0 Å². The van der Waals surface area contributed by atoms with Crippen LogP contribution in [0.5, 0.6) is 0 Å². The van der Waals surface area contributed by atoms with Crippen molar-refractivity contribution in [1.29, 1.82) is 0 Å². The highest BCUT2D eigenvalue weighted by molar-refractivity contribution is 5.27. The Kier molecular flexibility index (Phi) is 3.06. The summed E-state index contributed by atoms with van der Waals surface area (Å²) in [6.07, 6.45) is 4.27. The second kappa shape index (κ2) is 4.31. The van der Waals surface area contributed by atoms with Gasteiger partial charge in [0.15, 0.2) is 0 Å². The van der Waals surface area contributed by atoms with Crippen molar-refractivity contribution in [3.05, 3.63) is 29.6 Å². The summed E-state index contributed by atoms with van der Waals surface area (Å²) in [5, 5.41) is 3.67. The Morgan fingerprint density at radius 1 is 1.40 bits per heavy atom. The number of nitrogens with one attached hydrogen (secondary N) is 1. The highest BCUT2D eigenvalue weighted by Crippen LogP contribution is 2.29. The fourth-order valence-corrected chi connectivity index (χ4v) is 2.08. The molecule has 2 atom stereocenters. The fraction of sp³-hybridized carbons (Fsp3) is 0.615. The van der Waals surface area contributed by atoms with Gasteiger partial charge in [0.25, 0.3) is 0 Å². The molecule has 2 heteroatoms. The number of hydrogen-bond acceptors (Lipinski definition) is 2. The fourth-order valence-electron chi connectivity index (χ4n) is 2.08. The van der Waals surface area contributed by atoms with E-state index in [9.17, 15) is 0 Å². The molecule has 0 radical (unpaired) electrons. The summed E-state index contributed by atoms with van der Waals surface area (Å²) in [7, 11) is 0. The number of fused-ring (bicyclic) bond motifs is 1. The molecule has 82 valence electrons. The van der Waals surface area contributed by atoms with Gasteiger partial charge < -0.3 is 5.32 Å². The van der Waals surface area contributed by atoms with Crippen LogP contribution in [0.4, 0.5) is 0 Å². The molecule has 0 saturated carbocycles. The average molecular weight is 204 g/mol. The van der Waals surface area contributed by atoms with Crippen LogP contribution in [0.1, 0.15) is 44.5 Å². The van der Waals surface area contributed by atoms with Gasteiger partial charge in [0.05, 0.1) is 11.7 Å². The molecule has 1 heterocycles. The molecule has 1 aromatic heterocycles. The van der Waals surface area contributed by atoms with Crippen LogP contribution >= 0.6 is 0 Å². The number of aryl methyl sites for hydroxylation is 1. The SMILES string of the molecule is CC(C)C(C)NC1CCc2cccnc21. The molecule has 2 unspecified atom stereocenters. The molecule has 0 aliphatic heterocycles. The first-order valence-electron chi connectivity index (χ1n) is 5.88. The number of hydrogen-bond donors (Lipinski definition) is 1. The van der Waals surface area contributed by atoms with Crippen molar-refractivity contribution < 1.29 is 0 Å². The molecular weight excluding hydrogens is 184 g/mol. The topological polar surface area (TPSA) is 24.9 Å². The van der Waals surface area contributed by atoms with Gasteiger partial charge in [0, 0.05) is 12.2 Å². The lowest BCUT2D eigenvalue weighted by atomic mass is 10.0. The van der Waals surface area contributed by atoms with E-state index in [0.29, 0.717) is 18.0 Å². The van der Waals surface area contributed by atoms with Crippen molar-refractivity contribution in [2.24, 2.45) is 5.92 Å². The summed E-state index contributed by atoms with van der Waals surface area (Å²) in [5.74, 6) is 0.678. The molecule has 0 amide bonds. The van der Waals surface area contributed by atoms with Crippen LogP contribution in [-0.2, 0) is 6.42 Å². The summed E-state index contributed by atoms with van der Waals surface area (Å²) in [5.41, 5.74) is 2.69. The van der Waals surface area contributed by atoms with Gasteiger partial charge in [-0.25, -0.2) is 0 Å². The number of rotatable bonds is 3. The molecule has 1 N–H and O–H groups in total. The molecule has 0 aromatic carbocycles. The van der Waals surface area contributed by atoms with Crippen LogP contribution in [-0.4, -0.2) is 11.0 Å². The predicted octanol–water partition coefficient (Wildman–Crippen LogP) is 2.70. The third-order valence-corrected chi connectivity index (χ3v) is 3.42.